The first kappa shape index (κ1) is 28.0. The van der Waals surface area contributed by atoms with Gasteiger partial charge in [-0.2, -0.15) is 0 Å². The topological polar surface area (TPSA) is 58.1 Å². The Morgan fingerprint density at radius 3 is 2.56 bits per heavy atom. The van der Waals surface area contributed by atoms with Crippen LogP contribution in [0.2, 0.25) is 0 Å². The monoisotopic (exact) mass is 530 g/mol. The zero-order valence-electron chi connectivity index (χ0n) is 20.3. The number of Topliss-reactive ketones (excluding diaryl/α,β-unsaturated/α-hetero) is 1. The van der Waals surface area contributed by atoms with Crippen LogP contribution in [-0.4, -0.2) is 33.7 Å². The molecule has 0 atom stereocenters. The third-order valence-electron chi connectivity index (χ3n) is 7.13. The molecule has 3 aromatic rings. The predicted octanol–water partition coefficient (Wildman–Crippen LogP) is 6.57. The SMILES string of the molecule is Cl.Cl.O=C(CCC1CCN(Cc2cccc(F)c2)CC1)c1ccc(Nc2ncnc3c2CCC3)cc1. The van der Waals surface area contributed by atoms with E-state index in [4.69, 9.17) is 0 Å². The Labute approximate surface area is 224 Å². The van der Waals surface area contributed by atoms with Crippen LogP contribution in [0.4, 0.5) is 15.9 Å². The van der Waals surface area contributed by atoms with Crippen molar-refractivity contribution in [1.29, 1.82) is 0 Å². The van der Waals surface area contributed by atoms with Gasteiger partial charge in [-0.3, -0.25) is 9.69 Å². The van der Waals surface area contributed by atoms with Crippen molar-refractivity contribution >= 4 is 42.1 Å². The number of benzene rings is 2. The van der Waals surface area contributed by atoms with Crippen LogP contribution in [0, 0.1) is 11.7 Å². The number of aryl methyl sites for hydroxylation is 1. The molecule has 1 fully saturated rings. The highest BCUT2D eigenvalue weighted by atomic mass is 35.5. The first-order valence-corrected chi connectivity index (χ1v) is 12.3. The molecule has 0 radical (unpaired) electrons. The molecule has 1 aliphatic heterocycles. The summed E-state index contributed by atoms with van der Waals surface area (Å²) in [5, 5.41) is 3.39. The molecule has 0 saturated carbocycles. The summed E-state index contributed by atoms with van der Waals surface area (Å²) in [6.45, 7) is 2.80. The molecule has 2 aromatic carbocycles. The summed E-state index contributed by atoms with van der Waals surface area (Å²) >= 11 is 0. The van der Waals surface area contributed by atoms with Crippen molar-refractivity contribution in [1.82, 2.24) is 14.9 Å². The summed E-state index contributed by atoms with van der Waals surface area (Å²) in [5.74, 6) is 1.49. The molecule has 0 spiro atoms. The number of hydrogen-bond donors (Lipinski definition) is 1. The summed E-state index contributed by atoms with van der Waals surface area (Å²) < 4.78 is 13.4. The van der Waals surface area contributed by atoms with Crippen molar-refractivity contribution < 1.29 is 9.18 Å². The van der Waals surface area contributed by atoms with Crippen molar-refractivity contribution in [3.8, 4) is 0 Å². The number of likely N-dealkylation sites (tertiary alicyclic amines) is 1. The number of fused-ring (bicyclic) bond motifs is 1. The van der Waals surface area contributed by atoms with Gasteiger partial charge >= 0.3 is 0 Å². The second-order valence-corrected chi connectivity index (χ2v) is 9.51. The van der Waals surface area contributed by atoms with Crippen molar-refractivity contribution in [2.45, 2.75) is 51.5 Å². The second-order valence-electron chi connectivity index (χ2n) is 9.51. The van der Waals surface area contributed by atoms with Gasteiger partial charge in [-0.1, -0.05) is 12.1 Å². The number of aromatic nitrogens is 2. The fourth-order valence-corrected chi connectivity index (χ4v) is 5.15. The summed E-state index contributed by atoms with van der Waals surface area (Å²) in [6.07, 6.45) is 8.48. The van der Waals surface area contributed by atoms with Gasteiger partial charge in [0.1, 0.15) is 18.0 Å². The molecule has 1 N–H and O–H groups in total. The largest absolute Gasteiger partial charge is 0.340 e. The van der Waals surface area contributed by atoms with Crippen LogP contribution in [0.5, 0.6) is 0 Å². The van der Waals surface area contributed by atoms with E-state index in [1.165, 1.54) is 11.6 Å². The molecule has 2 aliphatic rings. The van der Waals surface area contributed by atoms with E-state index in [2.05, 4.69) is 20.2 Å². The lowest BCUT2D eigenvalue weighted by Crippen LogP contribution is -2.33. The number of halogens is 3. The van der Waals surface area contributed by atoms with E-state index < -0.39 is 0 Å². The van der Waals surface area contributed by atoms with E-state index in [1.807, 2.05) is 30.3 Å². The Morgan fingerprint density at radius 1 is 1.03 bits per heavy atom. The molecule has 192 valence electrons. The predicted molar refractivity (Wildman–Crippen MR) is 146 cm³/mol. The second kappa shape index (κ2) is 13.1. The van der Waals surface area contributed by atoms with Gasteiger partial charge in [0.15, 0.2) is 5.78 Å². The van der Waals surface area contributed by atoms with E-state index >= 15 is 0 Å². The minimum Gasteiger partial charge on any atom is -0.340 e. The first-order chi connectivity index (χ1) is 16.6. The molecule has 1 saturated heterocycles. The Bertz CT molecular complexity index is 1150. The molecule has 1 aromatic heterocycles. The van der Waals surface area contributed by atoms with Gasteiger partial charge in [-0.25, -0.2) is 14.4 Å². The minimum absolute atomic E-state index is 0. The average Bonchev–Trinajstić information content (AvgIpc) is 3.34. The van der Waals surface area contributed by atoms with Crippen molar-refractivity contribution in [2.75, 3.05) is 18.4 Å². The van der Waals surface area contributed by atoms with E-state index in [9.17, 15) is 9.18 Å². The summed E-state index contributed by atoms with van der Waals surface area (Å²) in [7, 11) is 0. The summed E-state index contributed by atoms with van der Waals surface area (Å²) in [6, 6.07) is 14.6. The zero-order chi connectivity index (χ0) is 23.3. The number of piperidine rings is 1. The number of rotatable bonds is 8. The fraction of sp³-hybridized carbons (Fsp3) is 0.393. The summed E-state index contributed by atoms with van der Waals surface area (Å²) in [4.78, 5) is 23.9. The van der Waals surface area contributed by atoms with E-state index in [0.717, 1.165) is 86.5 Å². The van der Waals surface area contributed by atoms with Gasteiger partial charge in [-0.05, 0) is 99.5 Å². The molecular formula is C28H33Cl2FN4O. The Morgan fingerprint density at radius 2 is 1.81 bits per heavy atom. The average molecular weight is 532 g/mol. The van der Waals surface area contributed by atoms with Gasteiger partial charge in [0, 0.05) is 35.5 Å². The first-order valence-electron chi connectivity index (χ1n) is 12.3. The number of anilines is 2. The van der Waals surface area contributed by atoms with Crippen LogP contribution >= 0.6 is 24.8 Å². The summed E-state index contributed by atoms with van der Waals surface area (Å²) in [5.41, 5.74) is 5.08. The number of nitrogens with zero attached hydrogens (tertiary/aromatic N) is 3. The van der Waals surface area contributed by atoms with Gasteiger partial charge in [0.2, 0.25) is 0 Å². The maximum absolute atomic E-state index is 13.4. The Kier molecular flexibility index (Phi) is 10.2. The zero-order valence-corrected chi connectivity index (χ0v) is 21.9. The highest BCUT2D eigenvalue weighted by Crippen LogP contribution is 2.28. The standard InChI is InChI=1S/C28H31FN4O.2ClH/c29-23-4-1-3-21(17-23)18-33-15-13-20(14-16-33)7-12-27(34)22-8-10-24(11-9-22)32-28-25-5-2-6-26(25)30-19-31-28;;/h1,3-4,8-11,17,19-20H,2,5-7,12-16,18H2,(H,30,31,32);2*1H. The fourth-order valence-electron chi connectivity index (χ4n) is 5.15. The normalized spacial score (nSPS) is 15.5. The smallest absolute Gasteiger partial charge is 0.162 e. The maximum atomic E-state index is 13.4. The molecule has 5 nitrogen and oxygen atoms in total. The van der Waals surface area contributed by atoms with Gasteiger partial charge in [0.25, 0.3) is 0 Å². The van der Waals surface area contributed by atoms with Crippen LogP contribution in [0.3, 0.4) is 0 Å². The van der Waals surface area contributed by atoms with E-state index in [-0.39, 0.29) is 36.4 Å². The minimum atomic E-state index is -0.174. The lowest BCUT2D eigenvalue weighted by atomic mass is 9.90. The highest BCUT2D eigenvalue weighted by molar-refractivity contribution is 5.96. The van der Waals surface area contributed by atoms with Gasteiger partial charge in [0.05, 0.1) is 0 Å². The van der Waals surface area contributed by atoms with Gasteiger partial charge in [-0.15, -0.1) is 24.8 Å². The molecule has 1 aliphatic carbocycles. The third-order valence-corrected chi connectivity index (χ3v) is 7.13. The molecule has 8 heteroatoms. The van der Waals surface area contributed by atoms with Crippen LogP contribution in [0.15, 0.2) is 54.9 Å². The number of nitrogens with one attached hydrogen (secondary N) is 1. The number of ketones is 1. The van der Waals surface area contributed by atoms with E-state index in [0.29, 0.717) is 12.3 Å². The molecule has 0 bridgehead atoms. The van der Waals surface area contributed by atoms with Crippen molar-refractivity contribution in [3.05, 3.63) is 83.1 Å². The van der Waals surface area contributed by atoms with Crippen LogP contribution < -0.4 is 5.32 Å². The van der Waals surface area contributed by atoms with Crippen LogP contribution in [0.25, 0.3) is 0 Å². The lowest BCUT2D eigenvalue weighted by Gasteiger charge is -2.32. The molecule has 36 heavy (non-hydrogen) atoms. The molecule has 0 amide bonds. The van der Waals surface area contributed by atoms with Gasteiger partial charge < -0.3 is 5.32 Å². The Balaban J connectivity index is 0.00000180. The number of carbonyl (C=O) groups excluding carboxylic acids is 1. The van der Waals surface area contributed by atoms with Crippen LogP contribution in [-0.2, 0) is 19.4 Å². The molecule has 0 unspecified atom stereocenters. The Hall–Kier alpha value is -2.54. The number of carbonyl (C=O) groups is 1. The van der Waals surface area contributed by atoms with Crippen molar-refractivity contribution in [2.24, 2.45) is 5.92 Å². The van der Waals surface area contributed by atoms with Crippen LogP contribution in [0.1, 0.15) is 59.3 Å². The third kappa shape index (κ3) is 7.02. The molecule has 5 rings (SSSR count). The quantitative estimate of drug-likeness (QED) is 0.334. The highest BCUT2D eigenvalue weighted by Gasteiger charge is 2.21. The number of hydrogen-bond acceptors (Lipinski definition) is 5. The van der Waals surface area contributed by atoms with Crippen molar-refractivity contribution in [3.63, 3.8) is 0 Å². The molecule has 2 heterocycles. The molecular weight excluding hydrogens is 498 g/mol. The van der Waals surface area contributed by atoms with E-state index in [1.54, 1.807) is 18.5 Å². The maximum Gasteiger partial charge on any atom is 0.162 e. The lowest BCUT2D eigenvalue weighted by molar-refractivity contribution is 0.0961.